The van der Waals surface area contributed by atoms with Gasteiger partial charge in [0.2, 0.25) is 5.01 Å². The number of nitrogens with one attached hydrogen (secondary N) is 1. The first kappa shape index (κ1) is 21.3. The number of carbonyl (C=O) groups is 2. The summed E-state index contributed by atoms with van der Waals surface area (Å²) in [6.45, 7) is 8.69. The Bertz CT molecular complexity index is 989. The van der Waals surface area contributed by atoms with Crippen LogP contribution in [-0.2, 0) is 11.3 Å². The van der Waals surface area contributed by atoms with Crippen molar-refractivity contribution < 1.29 is 14.3 Å². The molecule has 3 aromatic rings. The third-order valence-electron chi connectivity index (χ3n) is 4.71. The molecule has 6 nitrogen and oxygen atoms in total. The van der Waals surface area contributed by atoms with Gasteiger partial charge in [-0.2, -0.15) is 0 Å². The number of hydrogen-bond donors (Lipinski definition) is 1. The van der Waals surface area contributed by atoms with Crippen LogP contribution in [0.4, 0.5) is 0 Å². The SMILES string of the molecule is CCOC(=O)c1nc(-c2cc(C(=O)NC(C)CC)c(C)n2Cc2cccs2)cs1. The molecule has 1 atom stereocenters. The van der Waals surface area contributed by atoms with Gasteiger partial charge in [-0.15, -0.1) is 22.7 Å². The lowest BCUT2D eigenvalue weighted by Crippen LogP contribution is -2.32. The van der Waals surface area contributed by atoms with Gasteiger partial charge in [-0.3, -0.25) is 4.79 Å². The highest BCUT2D eigenvalue weighted by molar-refractivity contribution is 7.12. The van der Waals surface area contributed by atoms with E-state index in [2.05, 4.69) is 20.9 Å². The Labute approximate surface area is 178 Å². The maximum absolute atomic E-state index is 12.8. The van der Waals surface area contributed by atoms with Crippen LogP contribution in [0.5, 0.6) is 0 Å². The van der Waals surface area contributed by atoms with Crippen LogP contribution in [0.2, 0.25) is 0 Å². The zero-order valence-corrected chi connectivity index (χ0v) is 18.7. The molecule has 154 valence electrons. The second kappa shape index (κ2) is 9.37. The lowest BCUT2D eigenvalue weighted by molar-refractivity contribution is 0.0526. The summed E-state index contributed by atoms with van der Waals surface area (Å²) >= 11 is 2.92. The molecule has 0 aromatic carbocycles. The Balaban J connectivity index is 2.01. The largest absolute Gasteiger partial charge is 0.461 e. The minimum absolute atomic E-state index is 0.0936. The summed E-state index contributed by atoms with van der Waals surface area (Å²) in [5, 5.41) is 7.22. The molecule has 0 radical (unpaired) electrons. The van der Waals surface area contributed by atoms with E-state index in [0.717, 1.165) is 17.8 Å². The Kier molecular flexibility index (Phi) is 6.87. The zero-order chi connectivity index (χ0) is 21.0. The number of aromatic nitrogens is 2. The predicted molar refractivity (Wildman–Crippen MR) is 117 cm³/mol. The first-order chi connectivity index (χ1) is 13.9. The number of thiophene rings is 1. The summed E-state index contributed by atoms with van der Waals surface area (Å²) in [7, 11) is 0. The Hall–Kier alpha value is -2.45. The van der Waals surface area contributed by atoms with Crippen LogP contribution in [0.3, 0.4) is 0 Å². The van der Waals surface area contributed by atoms with E-state index < -0.39 is 5.97 Å². The van der Waals surface area contributed by atoms with Crippen molar-refractivity contribution in [2.24, 2.45) is 0 Å². The molecule has 3 rings (SSSR count). The van der Waals surface area contributed by atoms with E-state index >= 15 is 0 Å². The molecular weight excluding hydrogens is 406 g/mol. The maximum atomic E-state index is 12.8. The van der Waals surface area contributed by atoms with Crippen molar-refractivity contribution in [2.75, 3.05) is 6.61 Å². The van der Waals surface area contributed by atoms with Crippen LogP contribution < -0.4 is 5.32 Å². The molecular formula is C21H25N3O3S2. The van der Waals surface area contributed by atoms with E-state index in [1.54, 1.807) is 18.3 Å². The van der Waals surface area contributed by atoms with Crippen molar-refractivity contribution in [1.29, 1.82) is 0 Å². The Morgan fingerprint density at radius 2 is 2.10 bits per heavy atom. The topological polar surface area (TPSA) is 73.2 Å². The van der Waals surface area contributed by atoms with Gasteiger partial charge in [-0.05, 0) is 44.7 Å². The molecule has 29 heavy (non-hydrogen) atoms. The fraction of sp³-hybridized carbons (Fsp3) is 0.381. The van der Waals surface area contributed by atoms with Gasteiger partial charge in [-0.1, -0.05) is 13.0 Å². The van der Waals surface area contributed by atoms with Crippen LogP contribution in [0.1, 0.15) is 57.9 Å². The van der Waals surface area contributed by atoms with Gasteiger partial charge in [0.25, 0.3) is 5.91 Å². The Morgan fingerprint density at radius 3 is 2.76 bits per heavy atom. The van der Waals surface area contributed by atoms with Gasteiger partial charge in [0.1, 0.15) is 0 Å². The van der Waals surface area contributed by atoms with Crippen molar-refractivity contribution in [3.63, 3.8) is 0 Å². The highest BCUT2D eigenvalue weighted by atomic mass is 32.1. The molecule has 8 heteroatoms. The maximum Gasteiger partial charge on any atom is 0.367 e. The molecule has 0 saturated heterocycles. The monoisotopic (exact) mass is 431 g/mol. The number of hydrogen-bond acceptors (Lipinski definition) is 6. The van der Waals surface area contributed by atoms with Crippen LogP contribution in [0, 0.1) is 6.92 Å². The highest BCUT2D eigenvalue weighted by Crippen LogP contribution is 2.29. The minimum atomic E-state index is -0.424. The number of thiazole rings is 1. The minimum Gasteiger partial charge on any atom is -0.461 e. The molecule has 1 unspecified atom stereocenters. The average molecular weight is 432 g/mol. The van der Waals surface area contributed by atoms with Gasteiger partial charge in [0.05, 0.1) is 30.1 Å². The lowest BCUT2D eigenvalue weighted by atomic mass is 10.2. The van der Waals surface area contributed by atoms with Crippen molar-refractivity contribution in [2.45, 2.75) is 46.7 Å². The van der Waals surface area contributed by atoms with E-state index in [1.165, 1.54) is 16.2 Å². The number of nitrogens with zero attached hydrogens (tertiary/aromatic N) is 2. The third-order valence-corrected chi connectivity index (χ3v) is 6.40. The number of carbonyl (C=O) groups excluding carboxylic acids is 2. The van der Waals surface area contributed by atoms with Gasteiger partial charge >= 0.3 is 5.97 Å². The van der Waals surface area contributed by atoms with Crippen molar-refractivity contribution in [3.05, 3.63) is 50.1 Å². The summed E-state index contributed by atoms with van der Waals surface area (Å²) in [5.74, 6) is -0.518. The molecule has 1 amide bonds. The normalized spacial score (nSPS) is 12.0. The van der Waals surface area contributed by atoms with Gasteiger partial charge in [-0.25, -0.2) is 9.78 Å². The van der Waals surface area contributed by atoms with Crippen molar-refractivity contribution in [3.8, 4) is 11.4 Å². The third kappa shape index (κ3) is 4.76. The first-order valence-electron chi connectivity index (χ1n) is 9.60. The second-order valence-electron chi connectivity index (χ2n) is 6.74. The molecule has 0 bridgehead atoms. The molecule has 3 heterocycles. The predicted octanol–water partition coefficient (Wildman–Crippen LogP) is 4.73. The fourth-order valence-corrected chi connectivity index (χ4v) is 4.33. The van der Waals surface area contributed by atoms with Gasteiger partial charge in [0.15, 0.2) is 0 Å². The molecule has 0 spiro atoms. The van der Waals surface area contributed by atoms with E-state index in [1.807, 2.05) is 43.7 Å². The molecule has 0 fully saturated rings. The zero-order valence-electron chi connectivity index (χ0n) is 17.0. The van der Waals surface area contributed by atoms with Crippen molar-refractivity contribution in [1.82, 2.24) is 14.9 Å². The van der Waals surface area contributed by atoms with Gasteiger partial charge in [0, 0.05) is 22.0 Å². The quantitative estimate of drug-likeness (QED) is 0.523. The second-order valence-corrected chi connectivity index (χ2v) is 8.63. The lowest BCUT2D eigenvalue weighted by Gasteiger charge is -2.12. The van der Waals surface area contributed by atoms with Crippen LogP contribution in [0.15, 0.2) is 29.0 Å². The van der Waals surface area contributed by atoms with E-state index in [0.29, 0.717) is 29.4 Å². The first-order valence-corrected chi connectivity index (χ1v) is 11.4. The number of rotatable bonds is 8. The van der Waals surface area contributed by atoms with E-state index in [4.69, 9.17) is 4.74 Å². The van der Waals surface area contributed by atoms with Crippen molar-refractivity contribution >= 4 is 34.6 Å². The summed E-state index contributed by atoms with van der Waals surface area (Å²) in [5.41, 5.74) is 2.99. The number of amides is 1. The molecule has 1 N–H and O–H groups in total. The summed E-state index contributed by atoms with van der Waals surface area (Å²) in [6.07, 6.45) is 0.864. The number of ether oxygens (including phenoxy) is 1. The summed E-state index contributed by atoms with van der Waals surface area (Å²) in [4.78, 5) is 30.5. The molecule has 0 saturated carbocycles. The van der Waals surface area contributed by atoms with E-state index in [-0.39, 0.29) is 11.9 Å². The molecule has 0 aliphatic carbocycles. The fourth-order valence-electron chi connectivity index (χ4n) is 2.93. The average Bonchev–Trinajstić information content (AvgIpc) is 3.44. The molecule has 0 aliphatic rings. The summed E-state index contributed by atoms with van der Waals surface area (Å²) in [6, 6.07) is 6.04. The number of esters is 1. The van der Waals surface area contributed by atoms with Gasteiger partial charge < -0.3 is 14.6 Å². The summed E-state index contributed by atoms with van der Waals surface area (Å²) < 4.78 is 7.14. The highest BCUT2D eigenvalue weighted by Gasteiger charge is 2.22. The van der Waals surface area contributed by atoms with Crippen LogP contribution >= 0.6 is 22.7 Å². The Morgan fingerprint density at radius 1 is 1.31 bits per heavy atom. The van der Waals surface area contributed by atoms with Crippen LogP contribution in [-0.4, -0.2) is 34.1 Å². The standard InChI is InChI=1S/C21H25N3O3S2/c1-5-13(3)22-19(25)16-10-18(17-12-29-20(23-17)21(26)27-6-2)24(14(16)4)11-15-8-7-9-28-15/h7-10,12-13H,5-6,11H2,1-4H3,(H,22,25). The van der Waals surface area contributed by atoms with E-state index in [9.17, 15) is 9.59 Å². The van der Waals surface area contributed by atoms with Crippen LogP contribution in [0.25, 0.3) is 11.4 Å². The molecule has 3 aromatic heterocycles. The smallest absolute Gasteiger partial charge is 0.367 e. The molecule has 0 aliphatic heterocycles.